The van der Waals surface area contributed by atoms with Crippen LogP contribution >= 0.6 is 0 Å². The zero-order valence-corrected chi connectivity index (χ0v) is 15.2. The molecule has 0 radical (unpaired) electrons. The third-order valence-electron chi connectivity index (χ3n) is 5.17. The number of aryl methyl sites for hydroxylation is 1. The van der Waals surface area contributed by atoms with Crippen molar-refractivity contribution in [2.45, 2.75) is 44.9 Å². The predicted molar refractivity (Wildman–Crippen MR) is 103 cm³/mol. The van der Waals surface area contributed by atoms with Gasteiger partial charge in [-0.2, -0.15) is 0 Å². The summed E-state index contributed by atoms with van der Waals surface area (Å²) in [5.74, 6) is 1.63. The highest BCUT2D eigenvalue weighted by Gasteiger charge is 2.18. The van der Waals surface area contributed by atoms with Crippen molar-refractivity contribution in [3.63, 3.8) is 0 Å². The van der Waals surface area contributed by atoms with Gasteiger partial charge < -0.3 is 15.4 Å². The summed E-state index contributed by atoms with van der Waals surface area (Å²) in [7, 11) is 0. The molecule has 6 nitrogen and oxygen atoms in total. The normalized spacial score (nSPS) is 16.5. The maximum absolute atomic E-state index is 12.1. The average Bonchev–Trinajstić information content (AvgIpc) is 3.16. The minimum atomic E-state index is 0.0236. The number of pyridine rings is 1. The van der Waals surface area contributed by atoms with Gasteiger partial charge in [0.2, 0.25) is 17.7 Å². The highest BCUT2D eigenvalue weighted by Crippen LogP contribution is 2.30. The lowest BCUT2D eigenvalue weighted by molar-refractivity contribution is -0.117. The van der Waals surface area contributed by atoms with E-state index in [1.165, 1.54) is 12.8 Å². The third-order valence-corrected chi connectivity index (χ3v) is 5.17. The molecule has 6 heteroatoms. The Morgan fingerprint density at radius 1 is 1.19 bits per heavy atom. The molecule has 2 N–H and O–H groups in total. The summed E-state index contributed by atoms with van der Waals surface area (Å²) in [6.07, 6.45) is 8.22. The Hall–Kier alpha value is -2.89. The van der Waals surface area contributed by atoms with Gasteiger partial charge in [-0.05, 0) is 42.9 Å². The number of aromatic nitrogens is 1. The number of nitrogens with one attached hydrogen (secondary N) is 2. The first-order chi connectivity index (χ1) is 13.2. The van der Waals surface area contributed by atoms with E-state index >= 15 is 0 Å². The van der Waals surface area contributed by atoms with Crippen molar-refractivity contribution in [3.8, 4) is 11.6 Å². The van der Waals surface area contributed by atoms with E-state index in [2.05, 4.69) is 15.6 Å². The molecule has 140 valence electrons. The first kappa shape index (κ1) is 17.5. The standard InChI is InChI=1S/C21H23N3O3/c25-19-9-6-15-5-8-17(12-18(15)24-19)27-21-10-7-16(13-22-21)23-20(26)11-14-3-1-2-4-14/h5,7-8,10,12-14H,1-4,6,9,11H2,(H,23,26)(H,24,25). The molecule has 27 heavy (non-hydrogen) atoms. The lowest BCUT2D eigenvalue weighted by Crippen LogP contribution is -2.18. The monoisotopic (exact) mass is 365 g/mol. The van der Waals surface area contributed by atoms with Crippen molar-refractivity contribution in [2.75, 3.05) is 10.6 Å². The van der Waals surface area contributed by atoms with E-state index in [-0.39, 0.29) is 11.8 Å². The van der Waals surface area contributed by atoms with Gasteiger partial charge in [-0.15, -0.1) is 0 Å². The van der Waals surface area contributed by atoms with E-state index in [0.717, 1.165) is 30.5 Å². The Morgan fingerprint density at radius 2 is 2.04 bits per heavy atom. The molecule has 1 fully saturated rings. The van der Waals surface area contributed by atoms with E-state index in [1.54, 1.807) is 18.3 Å². The Bertz CT molecular complexity index is 842. The number of anilines is 2. The number of hydrogen-bond acceptors (Lipinski definition) is 4. The van der Waals surface area contributed by atoms with Crippen LogP contribution in [0.4, 0.5) is 11.4 Å². The number of carbonyl (C=O) groups excluding carboxylic acids is 2. The fourth-order valence-corrected chi connectivity index (χ4v) is 3.74. The zero-order valence-electron chi connectivity index (χ0n) is 15.2. The Morgan fingerprint density at radius 3 is 2.81 bits per heavy atom. The number of nitrogens with zero attached hydrogens (tertiary/aromatic N) is 1. The molecule has 0 saturated heterocycles. The smallest absolute Gasteiger partial charge is 0.224 e. The summed E-state index contributed by atoms with van der Waals surface area (Å²) in [4.78, 5) is 27.9. The summed E-state index contributed by atoms with van der Waals surface area (Å²) in [6.45, 7) is 0. The van der Waals surface area contributed by atoms with Crippen molar-refractivity contribution in [3.05, 3.63) is 42.1 Å². The van der Waals surface area contributed by atoms with Gasteiger partial charge >= 0.3 is 0 Å². The number of ether oxygens (including phenoxy) is 1. The van der Waals surface area contributed by atoms with Crippen LogP contribution in [0.25, 0.3) is 0 Å². The quantitative estimate of drug-likeness (QED) is 0.829. The molecule has 0 atom stereocenters. The Labute approximate surface area is 158 Å². The second-order valence-electron chi connectivity index (χ2n) is 7.26. The fraction of sp³-hybridized carbons (Fsp3) is 0.381. The van der Waals surface area contributed by atoms with Crippen LogP contribution in [0.15, 0.2) is 36.5 Å². The molecule has 0 unspecified atom stereocenters. The van der Waals surface area contributed by atoms with Crippen LogP contribution in [-0.4, -0.2) is 16.8 Å². The highest BCUT2D eigenvalue weighted by molar-refractivity contribution is 5.94. The maximum Gasteiger partial charge on any atom is 0.224 e. The van der Waals surface area contributed by atoms with E-state index < -0.39 is 0 Å². The molecule has 1 aromatic heterocycles. The topological polar surface area (TPSA) is 80.3 Å². The van der Waals surface area contributed by atoms with E-state index in [9.17, 15) is 9.59 Å². The predicted octanol–water partition coefficient (Wildman–Crippen LogP) is 4.28. The number of hydrogen-bond donors (Lipinski definition) is 2. The molecule has 2 aromatic rings. The van der Waals surface area contributed by atoms with Crippen LogP contribution in [0.2, 0.25) is 0 Å². The maximum atomic E-state index is 12.1. The molecule has 1 aliphatic carbocycles. The fourth-order valence-electron chi connectivity index (χ4n) is 3.74. The van der Waals surface area contributed by atoms with Gasteiger partial charge in [0.1, 0.15) is 5.75 Å². The number of rotatable bonds is 5. The lowest BCUT2D eigenvalue weighted by atomic mass is 10.0. The minimum absolute atomic E-state index is 0.0236. The zero-order chi connectivity index (χ0) is 18.6. The summed E-state index contributed by atoms with van der Waals surface area (Å²) in [5, 5.41) is 5.76. The summed E-state index contributed by atoms with van der Waals surface area (Å²) >= 11 is 0. The SMILES string of the molecule is O=C(CC1CCCC1)Nc1ccc(Oc2ccc3c(c2)NC(=O)CC3)nc1. The number of benzene rings is 1. The summed E-state index contributed by atoms with van der Waals surface area (Å²) in [5.41, 5.74) is 2.57. The van der Waals surface area contributed by atoms with Gasteiger partial charge in [0.05, 0.1) is 11.9 Å². The molecule has 2 heterocycles. The van der Waals surface area contributed by atoms with Crippen LogP contribution in [0.3, 0.4) is 0 Å². The first-order valence-electron chi connectivity index (χ1n) is 9.52. The summed E-state index contributed by atoms with van der Waals surface area (Å²) in [6, 6.07) is 9.15. The van der Waals surface area contributed by atoms with Gasteiger partial charge in [-0.1, -0.05) is 18.9 Å². The lowest BCUT2D eigenvalue weighted by Gasteiger charge is -2.17. The number of fused-ring (bicyclic) bond motifs is 1. The van der Waals surface area contributed by atoms with Gasteiger partial charge in [-0.25, -0.2) is 4.98 Å². The van der Waals surface area contributed by atoms with Crippen molar-refractivity contribution in [2.24, 2.45) is 5.92 Å². The van der Waals surface area contributed by atoms with Gasteiger partial charge in [0.15, 0.2) is 0 Å². The molecule has 0 bridgehead atoms. The second kappa shape index (κ2) is 7.78. The van der Waals surface area contributed by atoms with E-state index in [4.69, 9.17) is 4.74 Å². The molecule has 1 saturated carbocycles. The molecular weight excluding hydrogens is 342 g/mol. The van der Waals surface area contributed by atoms with Crippen molar-refractivity contribution in [1.82, 2.24) is 4.98 Å². The largest absolute Gasteiger partial charge is 0.439 e. The van der Waals surface area contributed by atoms with Crippen LogP contribution in [0.1, 0.15) is 44.1 Å². The van der Waals surface area contributed by atoms with Crippen LogP contribution in [-0.2, 0) is 16.0 Å². The molecular formula is C21H23N3O3. The average molecular weight is 365 g/mol. The molecule has 2 amide bonds. The molecule has 1 aliphatic heterocycles. The van der Waals surface area contributed by atoms with Crippen LogP contribution in [0.5, 0.6) is 11.6 Å². The Balaban J connectivity index is 1.35. The summed E-state index contributed by atoms with van der Waals surface area (Å²) < 4.78 is 5.77. The molecule has 0 spiro atoms. The van der Waals surface area contributed by atoms with Crippen molar-refractivity contribution < 1.29 is 14.3 Å². The number of carbonyl (C=O) groups is 2. The van der Waals surface area contributed by atoms with Gasteiger partial charge in [0, 0.05) is 30.7 Å². The van der Waals surface area contributed by atoms with Gasteiger partial charge in [-0.3, -0.25) is 9.59 Å². The molecule has 2 aliphatic rings. The third kappa shape index (κ3) is 4.45. The van der Waals surface area contributed by atoms with Crippen LogP contribution < -0.4 is 15.4 Å². The number of amides is 2. The van der Waals surface area contributed by atoms with Crippen molar-refractivity contribution in [1.29, 1.82) is 0 Å². The van der Waals surface area contributed by atoms with Crippen LogP contribution in [0, 0.1) is 5.92 Å². The second-order valence-corrected chi connectivity index (χ2v) is 7.26. The minimum Gasteiger partial charge on any atom is -0.439 e. The Kier molecular flexibility index (Phi) is 5.05. The van der Waals surface area contributed by atoms with Crippen molar-refractivity contribution >= 4 is 23.2 Å². The van der Waals surface area contributed by atoms with E-state index in [1.807, 2.05) is 18.2 Å². The molecule has 1 aromatic carbocycles. The first-order valence-corrected chi connectivity index (χ1v) is 9.52. The van der Waals surface area contributed by atoms with E-state index in [0.29, 0.717) is 36.1 Å². The highest BCUT2D eigenvalue weighted by atomic mass is 16.5. The molecule has 4 rings (SSSR count). The van der Waals surface area contributed by atoms with Gasteiger partial charge in [0.25, 0.3) is 0 Å².